The Bertz CT molecular complexity index is 675. The highest BCUT2D eigenvalue weighted by atomic mass is 32.2. The Labute approximate surface area is 151 Å². The molecule has 0 bridgehead atoms. The molecule has 1 heterocycles. The van der Waals surface area contributed by atoms with Gasteiger partial charge >= 0.3 is 0 Å². The van der Waals surface area contributed by atoms with E-state index >= 15 is 0 Å². The molecule has 136 valence electrons. The van der Waals surface area contributed by atoms with Gasteiger partial charge in [0.15, 0.2) is 5.96 Å². The monoisotopic (exact) mass is 365 g/mol. The summed E-state index contributed by atoms with van der Waals surface area (Å²) in [7, 11) is 0. The number of hydrogen-bond acceptors (Lipinski definition) is 4. The molecule has 0 saturated carbocycles. The van der Waals surface area contributed by atoms with E-state index in [0.717, 1.165) is 0 Å². The second-order valence-corrected chi connectivity index (χ2v) is 6.79. The number of nitrogens with one attached hydrogen (secondary N) is 2. The predicted octanol–water partition coefficient (Wildman–Crippen LogP) is 2.97. The van der Waals surface area contributed by atoms with E-state index in [4.69, 9.17) is 4.42 Å². The van der Waals surface area contributed by atoms with Crippen LogP contribution >= 0.6 is 11.8 Å². The van der Waals surface area contributed by atoms with Crippen LogP contribution in [0.25, 0.3) is 0 Å². The van der Waals surface area contributed by atoms with Crippen LogP contribution in [-0.4, -0.2) is 36.5 Å². The molecule has 0 aliphatic heterocycles. The van der Waals surface area contributed by atoms with Gasteiger partial charge in [-0.2, -0.15) is 0 Å². The molecular weight excluding hydrogens is 341 g/mol. The highest BCUT2D eigenvalue weighted by Gasteiger charge is 2.26. The maximum atomic E-state index is 13.6. The van der Waals surface area contributed by atoms with Crippen molar-refractivity contribution in [2.75, 3.05) is 25.4 Å². The Balaban J connectivity index is 1.84. The quantitative estimate of drug-likeness (QED) is 0.290. The fourth-order valence-corrected chi connectivity index (χ4v) is 2.93. The summed E-state index contributed by atoms with van der Waals surface area (Å²) in [5, 5.41) is 16.7. The van der Waals surface area contributed by atoms with Gasteiger partial charge in [-0.3, -0.25) is 0 Å². The first kappa shape index (κ1) is 19.3. The minimum atomic E-state index is -1.17. The minimum absolute atomic E-state index is 0.163. The first-order chi connectivity index (χ1) is 12.0. The number of nitrogens with zero attached hydrogens (tertiary/aromatic N) is 1. The molecule has 0 aliphatic carbocycles. The molecule has 2 rings (SSSR count). The molecule has 2 aromatic rings. The highest BCUT2D eigenvalue weighted by molar-refractivity contribution is 7.99. The van der Waals surface area contributed by atoms with Crippen LogP contribution in [-0.2, 0) is 5.60 Å². The van der Waals surface area contributed by atoms with Crippen molar-refractivity contribution in [2.45, 2.75) is 24.3 Å². The first-order valence-electron chi connectivity index (χ1n) is 8.19. The Hall–Kier alpha value is -1.99. The summed E-state index contributed by atoms with van der Waals surface area (Å²) in [6.45, 7) is 5.11. The number of aliphatic hydroxyl groups is 1. The predicted molar refractivity (Wildman–Crippen MR) is 99.4 cm³/mol. The molecule has 0 radical (unpaired) electrons. The lowest BCUT2D eigenvalue weighted by Gasteiger charge is -2.19. The fourth-order valence-electron chi connectivity index (χ4n) is 2.13. The maximum absolute atomic E-state index is 13.6. The summed E-state index contributed by atoms with van der Waals surface area (Å²) in [4.78, 5) is 5.04. The standard InChI is InChI=1S/C18H24FN3O2S/c1-3-20-17(22-13-18(2,23)16-9-6-11-24-16)21-10-12-25-15-8-5-4-7-14(15)19/h4-9,11,23H,3,10,12-13H2,1-2H3,(H2,20,21,22). The second kappa shape index (κ2) is 9.48. The molecule has 5 nitrogen and oxygen atoms in total. The van der Waals surface area contributed by atoms with Crippen LogP contribution in [0.3, 0.4) is 0 Å². The van der Waals surface area contributed by atoms with Gasteiger partial charge in [-0.1, -0.05) is 12.1 Å². The molecule has 0 aliphatic rings. The topological polar surface area (TPSA) is 69.8 Å². The molecule has 3 N–H and O–H groups in total. The average Bonchev–Trinajstić information content (AvgIpc) is 3.13. The molecule has 7 heteroatoms. The van der Waals surface area contributed by atoms with Gasteiger partial charge in [0.1, 0.15) is 17.2 Å². The van der Waals surface area contributed by atoms with E-state index < -0.39 is 5.60 Å². The van der Waals surface area contributed by atoms with Crippen molar-refractivity contribution in [3.63, 3.8) is 0 Å². The highest BCUT2D eigenvalue weighted by Crippen LogP contribution is 2.21. The smallest absolute Gasteiger partial charge is 0.191 e. The zero-order chi connectivity index (χ0) is 18.1. The van der Waals surface area contributed by atoms with E-state index in [1.165, 1.54) is 24.1 Å². The lowest BCUT2D eigenvalue weighted by molar-refractivity contribution is 0.0437. The molecule has 1 aromatic carbocycles. The van der Waals surface area contributed by atoms with Gasteiger partial charge < -0.3 is 20.2 Å². The van der Waals surface area contributed by atoms with Crippen LogP contribution < -0.4 is 10.6 Å². The lowest BCUT2D eigenvalue weighted by Crippen LogP contribution is -2.39. The van der Waals surface area contributed by atoms with E-state index in [1.54, 1.807) is 31.2 Å². The van der Waals surface area contributed by atoms with Gasteiger partial charge in [0.25, 0.3) is 0 Å². The van der Waals surface area contributed by atoms with Crippen LogP contribution in [0.2, 0.25) is 0 Å². The number of benzene rings is 1. The van der Waals surface area contributed by atoms with E-state index in [2.05, 4.69) is 15.6 Å². The summed E-state index contributed by atoms with van der Waals surface area (Å²) in [5.41, 5.74) is -1.17. The van der Waals surface area contributed by atoms with E-state index in [-0.39, 0.29) is 12.4 Å². The third kappa shape index (κ3) is 6.10. The van der Waals surface area contributed by atoms with Crippen LogP contribution in [0.15, 0.2) is 57.0 Å². The van der Waals surface area contributed by atoms with Crippen molar-refractivity contribution < 1.29 is 13.9 Å². The lowest BCUT2D eigenvalue weighted by atomic mass is 10.0. The van der Waals surface area contributed by atoms with E-state index in [9.17, 15) is 9.50 Å². The van der Waals surface area contributed by atoms with Gasteiger partial charge in [-0.05, 0) is 38.1 Å². The SMILES string of the molecule is CCNC(=NCC(C)(O)c1ccco1)NCCSc1ccccc1F. The zero-order valence-corrected chi connectivity index (χ0v) is 15.3. The van der Waals surface area contributed by atoms with Gasteiger partial charge in [0.2, 0.25) is 0 Å². The summed E-state index contributed by atoms with van der Waals surface area (Å²) in [6, 6.07) is 10.2. The molecule has 0 amide bonds. The Morgan fingerprint density at radius 2 is 2.08 bits per heavy atom. The summed E-state index contributed by atoms with van der Waals surface area (Å²) >= 11 is 1.44. The van der Waals surface area contributed by atoms with Gasteiger partial charge in [0.05, 0.1) is 12.8 Å². The van der Waals surface area contributed by atoms with Gasteiger partial charge in [0, 0.05) is 23.7 Å². The number of rotatable bonds is 8. The van der Waals surface area contributed by atoms with Crippen molar-refractivity contribution in [3.05, 3.63) is 54.2 Å². The Morgan fingerprint density at radius 3 is 2.76 bits per heavy atom. The van der Waals surface area contributed by atoms with Crippen LogP contribution in [0.5, 0.6) is 0 Å². The van der Waals surface area contributed by atoms with Crippen molar-refractivity contribution in [2.24, 2.45) is 4.99 Å². The molecule has 25 heavy (non-hydrogen) atoms. The normalized spacial score (nSPS) is 14.2. The third-order valence-electron chi connectivity index (χ3n) is 3.43. The summed E-state index contributed by atoms with van der Waals surface area (Å²) in [5.74, 6) is 1.56. The number of hydrogen-bond donors (Lipinski definition) is 3. The Kier molecular flexibility index (Phi) is 7.33. The van der Waals surface area contributed by atoms with Gasteiger partial charge in [-0.25, -0.2) is 9.38 Å². The number of furan rings is 1. The van der Waals surface area contributed by atoms with Crippen molar-refractivity contribution >= 4 is 17.7 Å². The summed E-state index contributed by atoms with van der Waals surface area (Å²) < 4.78 is 18.8. The largest absolute Gasteiger partial charge is 0.466 e. The Morgan fingerprint density at radius 1 is 1.28 bits per heavy atom. The van der Waals surface area contributed by atoms with E-state index in [0.29, 0.717) is 35.5 Å². The fraction of sp³-hybridized carbons (Fsp3) is 0.389. The number of guanidine groups is 1. The number of aliphatic imine (C=N–C) groups is 1. The molecule has 1 unspecified atom stereocenters. The number of thioether (sulfide) groups is 1. The zero-order valence-electron chi connectivity index (χ0n) is 14.5. The summed E-state index contributed by atoms with van der Waals surface area (Å²) in [6.07, 6.45) is 1.52. The first-order valence-corrected chi connectivity index (χ1v) is 9.17. The van der Waals surface area contributed by atoms with Crippen LogP contribution in [0, 0.1) is 5.82 Å². The minimum Gasteiger partial charge on any atom is -0.466 e. The maximum Gasteiger partial charge on any atom is 0.191 e. The van der Waals surface area contributed by atoms with Crippen LogP contribution in [0.1, 0.15) is 19.6 Å². The van der Waals surface area contributed by atoms with Gasteiger partial charge in [-0.15, -0.1) is 11.8 Å². The molecule has 1 aromatic heterocycles. The van der Waals surface area contributed by atoms with Crippen molar-refractivity contribution in [1.82, 2.24) is 10.6 Å². The average molecular weight is 365 g/mol. The molecular formula is C18H24FN3O2S. The molecule has 0 fully saturated rings. The van der Waals surface area contributed by atoms with E-state index in [1.807, 2.05) is 13.0 Å². The third-order valence-corrected chi connectivity index (χ3v) is 4.48. The van der Waals surface area contributed by atoms with Crippen LogP contribution in [0.4, 0.5) is 4.39 Å². The van der Waals surface area contributed by atoms with Crippen molar-refractivity contribution in [1.29, 1.82) is 0 Å². The molecule has 0 saturated heterocycles. The molecule has 1 atom stereocenters. The van der Waals surface area contributed by atoms with Crippen molar-refractivity contribution in [3.8, 4) is 0 Å². The second-order valence-electron chi connectivity index (χ2n) is 5.65. The number of halogens is 1. The molecule has 0 spiro atoms.